The largest absolute Gasteiger partial charge is 0.348 e. The van der Waals surface area contributed by atoms with E-state index < -0.39 is 10.0 Å². The van der Waals surface area contributed by atoms with Crippen molar-refractivity contribution in [3.05, 3.63) is 94.0 Å². The Morgan fingerprint density at radius 1 is 0.844 bits per heavy atom. The highest BCUT2D eigenvalue weighted by Gasteiger charge is 2.19. The molecule has 6 heteroatoms. The highest BCUT2D eigenvalue weighted by Crippen LogP contribution is 2.21. The van der Waals surface area contributed by atoms with Crippen LogP contribution in [0.5, 0.6) is 0 Å². The number of sulfonamides is 1. The van der Waals surface area contributed by atoms with E-state index in [-0.39, 0.29) is 10.8 Å². The lowest BCUT2D eigenvalue weighted by Crippen LogP contribution is -2.24. The lowest BCUT2D eigenvalue weighted by molar-refractivity contribution is 0.0950. The Morgan fingerprint density at radius 2 is 1.56 bits per heavy atom. The van der Waals surface area contributed by atoms with Crippen molar-refractivity contribution >= 4 is 21.6 Å². The molecule has 0 heterocycles. The Bertz CT molecular complexity index is 1220. The van der Waals surface area contributed by atoms with Crippen LogP contribution in [0.3, 0.4) is 0 Å². The Labute approximate surface area is 190 Å². The molecule has 0 fully saturated rings. The van der Waals surface area contributed by atoms with Gasteiger partial charge in [-0.15, -0.1) is 0 Å². The number of carbonyl (C=O) groups excluding carboxylic acids is 1. The third-order valence-corrected chi connectivity index (χ3v) is 7.07. The van der Waals surface area contributed by atoms with Crippen LogP contribution >= 0.6 is 0 Å². The first-order valence-electron chi connectivity index (χ1n) is 10.8. The number of hydrogen-bond acceptors (Lipinski definition) is 3. The summed E-state index contributed by atoms with van der Waals surface area (Å²) in [5.41, 5.74) is 5.90. The van der Waals surface area contributed by atoms with Crippen LogP contribution in [0.4, 0.5) is 5.69 Å². The summed E-state index contributed by atoms with van der Waals surface area (Å²) in [7, 11) is -3.83. The number of rotatable bonds is 8. The topological polar surface area (TPSA) is 75.3 Å². The van der Waals surface area contributed by atoms with Gasteiger partial charge >= 0.3 is 0 Å². The molecule has 0 saturated heterocycles. The van der Waals surface area contributed by atoms with Crippen LogP contribution in [0.1, 0.15) is 52.0 Å². The highest BCUT2D eigenvalue weighted by molar-refractivity contribution is 7.92. The van der Waals surface area contributed by atoms with Gasteiger partial charge in [-0.3, -0.25) is 9.52 Å². The summed E-state index contributed by atoms with van der Waals surface area (Å²) < 4.78 is 28.5. The summed E-state index contributed by atoms with van der Waals surface area (Å²) in [6.07, 6.45) is 1.81. The van der Waals surface area contributed by atoms with Crippen molar-refractivity contribution in [2.24, 2.45) is 0 Å². The van der Waals surface area contributed by atoms with Gasteiger partial charge in [0.2, 0.25) is 0 Å². The van der Waals surface area contributed by atoms with E-state index in [0.717, 1.165) is 24.0 Å². The van der Waals surface area contributed by atoms with Crippen LogP contribution in [-0.4, -0.2) is 14.3 Å². The maximum Gasteiger partial charge on any atom is 0.262 e. The first kappa shape index (κ1) is 23.5. The first-order valence-corrected chi connectivity index (χ1v) is 12.3. The standard InChI is InChI=1S/C26H30N2O3S/c1-5-20-10-12-21(6-2)23(15-20)17-27-26(29)22-11-9-19(4)25(16-22)32(30,31)28-24-13-7-18(3)8-14-24/h7-16,28H,5-6,17H2,1-4H3,(H,27,29). The van der Waals surface area contributed by atoms with E-state index in [1.165, 1.54) is 17.2 Å². The van der Waals surface area contributed by atoms with Crippen molar-refractivity contribution in [1.29, 1.82) is 0 Å². The number of hydrogen-bond donors (Lipinski definition) is 2. The predicted octanol–water partition coefficient (Wildman–Crippen LogP) is 5.16. The quantitative estimate of drug-likeness (QED) is 0.498. The van der Waals surface area contributed by atoms with Crippen molar-refractivity contribution in [2.45, 2.75) is 52.0 Å². The smallest absolute Gasteiger partial charge is 0.262 e. The van der Waals surface area contributed by atoms with Gasteiger partial charge in [-0.2, -0.15) is 0 Å². The average Bonchev–Trinajstić information content (AvgIpc) is 2.78. The second-order valence-corrected chi connectivity index (χ2v) is 9.60. The molecule has 32 heavy (non-hydrogen) atoms. The van der Waals surface area contributed by atoms with Gasteiger partial charge < -0.3 is 5.32 Å². The van der Waals surface area contributed by atoms with Crippen LogP contribution in [-0.2, 0) is 29.4 Å². The summed E-state index contributed by atoms with van der Waals surface area (Å²) in [6.45, 7) is 8.24. The van der Waals surface area contributed by atoms with E-state index >= 15 is 0 Å². The predicted molar refractivity (Wildman–Crippen MR) is 130 cm³/mol. The van der Waals surface area contributed by atoms with Gasteiger partial charge in [-0.1, -0.05) is 55.8 Å². The highest BCUT2D eigenvalue weighted by atomic mass is 32.2. The molecule has 0 aliphatic rings. The summed E-state index contributed by atoms with van der Waals surface area (Å²) in [5, 5.41) is 2.94. The molecule has 0 atom stereocenters. The van der Waals surface area contributed by atoms with Crippen molar-refractivity contribution in [3.8, 4) is 0 Å². The summed E-state index contributed by atoms with van der Waals surface area (Å²) in [5.74, 6) is -0.305. The summed E-state index contributed by atoms with van der Waals surface area (Å²) in [6, 6.07) is 18.2. The number of nitrogens with one attached hydrogen (secondary N) is 2. The maximum atomic E-state index is 13.0. The third kappa shape index (κ3) is 5.56. The van der Waals surface area contributed by atoms with E-state index in [4.69, 9.17) is 0 Å². The monoisotopic (exact) mass is 450 g/mol. The van der Waals surface area contributed by atoms with Crippen LogP contribution in [0.15, 0.2) is 65.6 Å². The van der Waals surface area contributed by atoms with Crippen LogP contribution < -0.4 is 10.0 Å². The van der Waals surface area contributed by atoms with Gasteiger partial charge in [-0.25, -0.2) is 8.42 Å². The molecule has 0 aliphatic carbocycles. The molecule has 0 saturated carbocycles. The van der Waals surface area contributed by atoms with Crippen LogP contribution in [0, 0.1) is 13.8 Å². The molecule has 1 amide bonds. The second kappa shape index (κ2) is 10.0. The van der Waals surface area contributed by atoms with Crippen LogP contribution in [0.2, 0.25) is 0 Å². The van der Waals surface area contributed by atoms with E-state index in [1.54, 1.807) is 31.2 Å². The number of carbonyl (C=O) groups is 1. The van der Waals surface area contributed by atoms with Gasteiger partial charge in [0.05, 0.1) is 4.90 Å². The molecule has 5 nitrogen and oxygen atoms in total. The van der Waals surface area contributed by atoms with Crippen molar-refractivity contribution in [3.63, 3.8) is 0 Å². The molecule has 3 aromatic rings. The molecule has 168 valence electrons. The van der Waals surface area contributed by atoms with Gasteiger partial charge in [0.15, 0.2) is 0 Å². The van der Waals surface area contributed by atoms with Crippen LogP contribution in [0.25, 0.3) is 0 Å². The normalized spacial score (nSPS) is 11.2. The zero-order chi connectivity index (χ0) is 23.3. The van der Waals surface area contributed by atoms with Crippen molar-refractivity contribution < 1.29 is 13.2 Å². The Hall–Kier alpha value is -3.12. The Morgan fingerprint density at radius 3 is 2.22 bits per heavy atom. The Kier molecular flexibility index (Phi) is 7.36. The fourth-order valence-corrected chi connectivity index (χ4v) is 4.88. The SMILES string of the molecule is CCc1ccc(CC)c(CNC(=O)c2ccc(C)c(S(=O)(=O)Nc3ccc(C)cc3)c2)c1. The van der Waals surface area contributed by atoms with Gasteiger partial charge in [0.1, 0.15) is 0 Å². The minimum absolute atomic E-state index is 0.0907. The number of aryl methyl sites for hydroxylation is 4. The molecular weight excluding hydrogens is 420 g/mol. The second-order valence-electron chi connectivity index (χ2n) is 7.94. The number of amides is 1. The van der Waals surface area contributed by atoms with Crippen molar-refractivity contribution in [2.75, 3.05) is 4.72 Å². The molecule has 2 N–H and O–H groups in total. The summed E-state index contributed by atoms with van der Waals surface area (Å²) >= 11 is 0. The van der Waals surface area contributed by atoms with E-state index in [9.17, 15) is 13.2 Å². The minimum atomic E-state index is -3.83. The molecule has 0 spiro atoms. The average molecular weight is 451 g/mol. The van der Waals surface area contributed by atoms with E-state index in [1.807, 2.05) is 19.1 Å². The molecule has 3 aromatic carbocycles. The third-order valence-electron chi connectivity index (χ3n) is 5.54. The molecule has 3 rings (SSSR count). The van der Waals surface area contributed by atoms with Gasteiger partial charge in [-0.05, 0) is 73.2 Å². The zero-order valence-corrected chi connectivity index (χ0v) is 19.8. The Balaban J connectivity index is 1.80. The molecule has 0 unspecified atom stereocenters. The lowest BCUT2D eigenvalue weighted by Gasteiger charge is -2.14. The molecule has 0 radical (unpaired) electrons. The van der Waals surface area contributed by atoms with Gasteiger partial charge in [0.25, 0.3) is 15.9 Å². The minimum Gasteiger partial charge on any atom is -0.348 e. The number of anilines is 1. The lowest BCUT2D eigenvalue weighted by atomic mass is 10.0. The molecule has 0 bridgehead atoms. The fraction of sp³-hybridized carbons (Fsp3) is 0.269. The van der Waals surface area contributed by atoms with Gasteiger partial charge in [0, 0.05) is 17.8 Å². The maximum absolute atomic E-state index is 13.0. The zero-order valence-electron chi connectivity index (χ0n) is 19.0. The molecule has 0 aromatic heterocycles. The first-order chi connectivity index (χ1) is 15.2. The fourth-order valence-electron chi connectivity index (χ4n) is 3.55. The summed E-state index contributed by atoms with van der Waals surface area (Å²) in [4.78, 5) is 12.9. The molecule has 0 aliphatic heterocycles. The van der Waals surface area contributed by atoms with E-state index in [2.05, 4.69) is 42.1 Å². The van der Waals surface area contributed by atoms with Crippen molar-refractivity contribution in [1.82, 2.24) is 5.32 Å². The van der Waals surface area contributed by atoms with E-state index in [0.29, 0.717) is 23.4 Å². The number of benzene rings is 3. The molecular formula is C26H30N2O3S.